The van der Waals surface area contributed by atoms with Crippen LogP contribution in [-0.2, 0) is 4.79 Å². The molecule has 9 heavy (non-hydrogen) atoms. The van der Waals surface area contributed by atoms with Crippen LogP contribution in [0.5, 0.6) is 0 Å². The van der Waals surface area contributed by atoms with Gasteiger partial charge in [-0.2, -0.15) is 0 Å². The van der Waals surface area contributed by atoms with Crippen molar-refractivity contribution in [1.82, 2.24) is 4.31 Å². The Morgan fingerprint density at radius 1 is 1.78 bits per heavy atom. The topological polar surface area (TPSA) is 20.3 Å². The maximum atomic E-state index is 10.8. The Labute approximate surface area is 60.8 Å². The predicted molar refractivity (Wildman–Crippen MR) is 39.4 cm³/mol. The minimum Gasteiger partial charge on any atom is -0.298 e. The van der Waals surface area contributed by atoms with Gasteiger partial charge in [-0.1, -0.05) is 12.8 Å². The molecule has 0 aromatic rings. The van der Waals surface area contributed by atoms with Crippen molar-refractivity contribution in [1.29, 1.82) is 0 Å². The molecule has 1 atom stereocenters. The Morgan fingerprint density at radius 2 is 2.44 bits per heavy atom. The molecule has 0 bridgehead atoms. The Kier molecular flexibility index (Phi) is 2.13. The van der Waals surface area contributed by atoms with E-state index in [0.717, 1.165) is 19.4 Å². The third-order valence-electron chi connectivity index (χ3n) is 1.69. The molecule has 0 aliphatic carbocycles. The smallest absolute Gasteiger partial charge is 0.147 e. The van der Waals surface area contributed by atoms with Crippen molar-refractivity contribution in [2.75, 3.05) is 6.54 Å². The first-order chi connectivity index (χ1) is 4.22. The van der Waals surface area contributed by atoms with Gasteiger partial charge in [0.2, 0.25) is 0 Å². The van der Waals surface area contributed by atoms with Crippen LogP contribution < -0.4 is 0 Å². The molecule has 3 heteroatoms. The van der Waals surface area contributed by atoms with Crippen LogP contribution >= 0.6 is 12.8 Å². The van der Waals surface area contributed by atoms with Gasteiger partial charge in [0.25, 0.3) is 0 Å². The van der Waals surface area contributed by atoms with E-state index in [4.69, 9.17) is 0 Å². The summed E-state index contributed by atoms with van der Waals surface area (Å²) in [5.74, 6) is 0.238. The van der Waals surface area contributed by atoms with Gasteiger partial charge in [-0.3, -0.25) is 4.79 Å². The van der Waals surface area contributed by atoms with Gasteiger partial charge < -0.3 is 0 Å². The summed E-state index contributed by atoms with van der Waals surface area (Å²) in [4.78, 5) is 10.8. The molecule has 1 saturated heterocycles. The zero-order valence-electron chi connectivity index (χ0n) is 5.50. The summed E-state index contributed by atoms with van der Waals surface area (Å²) in [6.45, 7) is 2.58. The number of nitrogens with zero attached hydrogens (tertiary/aromatic N) is 1. The van der Waals surface area contributed by atoms with Crippen LogP contribution in [0.4, 0.5) is 0 Å². The summed E-state index contributed by atoms with van der Waals surface area (Å²) in [6.07, 6.45) is 2.09. The highest BCUT2D eigenvalue weighted by atomic mass is 32.1. The number of rotatable bonds is 1. The standard InChI is InChI=1S/C6H11NOS/c1-5(8)6-3-2-4-7(6)9/h6,9H,2-4H2,1H3/t6-/m0/s1. The average Bonchev–Trinajstić information content (AvgIpc) is 2.13. The van der Waals surface area contributed by atoms with Crippen LogP contribution in [0.15, 0.2) is 0 Å². The van der Waals surface area contributed by atoms with Crippen molar-refractivity contribution in [3.63, 3.8) is 0 Å². The lowest BCUT2D eigenvalue weighted by Crippen LogP contribution is -2.26. The van der Waals surface area contributed by atoms with E-state index in [1.807, 2.05) is 4.31 Å². The zero-order valence-corrected chi connectivity index (χ0v) is 6.40. The third kappa shape index (κ3) is 1.46. The van der Waals surface area contributed by atoms with Gasteiger partial charge in [0.15, 0.2) is 0 Å². The van der Waals surface area contributed by atoms with E-state index in [-0.39, 0.29) is 11.8 Å². The minimum atomic E-state index is 0.0910. The fourth-order valence-corrected chi connectivity index (χ4v) is 1.58. The Bertz CT molecular complexity index is 126. The summed E-state index contributed by atoms with van der Waals surface area (Å²) in [5, 5.41) is 0. The maximum absolute atomic E-state index is 10.8. The number of ketones is 1. The van der Waals surface area contributed by atoms with Crippen molar-refractivity contribution < 1.29 is 4.79 Å². The summed E-state index contributed by atoms with van der Waals surface area (Å²) in [7, 11) is 0. The summed E-state index contributed by atoms with van der Waals surface area (Å²) >= 11 is 4.14. The van der Waals surface area contributed by atoms with E-state index in [9.17, 15) is 4.79 Å². The summed E-state index contributed by atoms with van der Waals surface area (Å²) < 4.78 is 1.82. The Morgan fingerprint density at radius 3 is 2.67 bits per heavy atom. The van der Waals surface area contributed by atoms with Gasteiger partial charge in [0.1, 0.15) is 5.78 Å². The van der Waals surface area contributed by atoms with Crippen molar-refractivity contribution >= 4 is 18.6 Å². The number of hydrogen-bond acceptors (Lipinski definition) is 3. The SMILES string of the molecule is CC(=O)[C@@H]1CCCN1S. The second-order valence-corrected chi connectivity index (χ2v) is 2.95. The van der Waals surface area contributed by atoms with Crippen molar-refractivity contribution in [2.24, 2.45) is 0 Å². The lowest BCUT2D eigenvalue weighted by molar-refractivity contribution is -0.119. The molecule has 1 rings (SSSR count). The number of hydrogen-bond donors (Lipinski definition) is 1. The zero-order chi connectivity index (χ0) is 6.85. The van der Waals surface area contributed by atoms with E-state index in [1.54, 1.807) is 6.92 Å². The molecule has 0 unspecified atom stereocenters. The monoisotopic (exact) mass is 145 g/mol. The molecular weight excluding hydrogens is 134 g/mol. The molecule has 0 radical (unpaired) electrons. The molecule has 0 aromatic carbocycles. The van der Waals surface area contributed by atoms with Crippen LogP contribution in [-0.4, -0.2) is 22.7 Å². The maximum Gasteiger partial charge on any atom is 0.147 e. The van der Waals surface area contributed by atoms with Crippen molar-refractivity contribution in [3.05, 3.63) is 0 Å². The first-order valence-electron chi connectivity index (χ1n) is 3.18. The van der Waals surface area contributed by atoms with E-state index < -0.39 is 0 Å². The van der Waals surface area contributed by atoms with E-state index in [0.29, 0.717) is 0 Å². The van der Waals surface area contributed by atoms with Crippen molar-refractivity contribution in [2.45, 2.75) is 25.8 Å². The molecule has 0 saturated carbocycles. The van der Waals surface area contributed by atoms with Crippen LogP contribution in [0.2, 0.25) is 0 Å². The highest BCUT2D eigenvalue weighted by molar-refractivity contribution is 7.77. The van der Waals surface area contributed by atoms with Crippen LogP contribution in [0.3, 0.4) is 0 Å². The number of Topliss-reactive ketones (excluding diaryl/α,β-unsaturated/α-hetero) is 1. The average molecular weight is 145 g/mol. The second-order valence-electron chi connectivity index (χ2n) is 2.43. The van der Waals surface area contributed by atoms with Crippen molar-refractivity contribution in [3.8, 4) is 0 Å². The molecule has 1 aliphatic heterocycles. The third-order valence-corrected chi connectivity index (χ3v) is 2.17. The second kappa shape index (κ2) is 2.71. The normalized spacial score (nSPS) is 28.9. The van der Waals surface area contributed by atoms with Gasteiger partial charge >= 0.3 is 0 Å². The molecule has 0 amide bonds. The first kappa shape index (κ1) is 7.09. The largest absolute Gasteiger partial charge is 0.298 e. The molecule has 0 aromatic heterocycles. The predicted octanol–water partition coefficient (Wildman–Crippen LogP) is 0.885. The number of thiol groups is 1. The Balaban J connectivity index is 2.49. The summed E-state index contributed by atoms with van der Waals surface area (Å²) in [6, 6.07) is 0.0910. The highest BCUT2D eigenvalue weighted by Gasteiger charge is 2.24. The molecule has 1 heterocycles. The molecule has 1 aliphatic rings. The molecular formula is C6H11NOS. The van der Waals surface area contributed by atoms with Gasteiger partial charge in [-0.25, -0.2) is 4.31 Å². The lowest BCUT2D eigenvalue weighted by atomic mass is 10.2. The fourth-order valence-electron chi connectivity index (χ4n) is 1.16. The van der Waals surface area contributed by atoms with E-state index >= 15 is 0 Å². The number of carbonyl (C=O) groups is 1. The van der Waals surface area contributed by atoms with Crippen LogP contribution in [0, 0.1) is 0 Å². The Hall–Kier alpha value is -0.0200. The summed E-state index contributed by atoms with van der Waals surface area (Å²) in [5.41, 5.74) is 0. The van der Waals surface area contributed by atoms with E-state index in [1.165, 1.54) is 0 Å². The highest BCUT2D eigenvalue weighted by Crippen LogP contribution is 2.18. The van der Waals surface area contributed by atoms with Gasteiger partial charge in [0.05, 0.1) is 6.04 Å². The molecule has 2 nitrogen and oxygen atoms in total. The lowest BCUT2D eigenvalue weighted by Gasteiger charge is -2.13. The molecule has 0 spiro atoms. The van der Waals surface area contributed by atoms with Crippen LogP contribution in [0.25, 0.3) is 0 Å². The quantitative estimate of drug-likeness (QED) is 0.553. The fraction of sp³-hybridized carbons (Fsp3) is 0.833. The van der Waals surface area contributed by atoms with E-state index in [2.05, 4.69) is 12.8 Å². The van der Waals surface area contributed by atoms with Crippen LogP contribution in [0.1, 0.15) is 19.8 Å². The van der Waals surface area contributed by atoms with Gasteiger partial charge in [0, 0.05) is 6.54 Å². The first-order valence-corrected chi connectivity index (χ1v) is 3.58. The minimum absolute atomic E-state index is 0.0910. The molecule has 1 fully saturated rings. The number of carbonyl (C=O) groups excluding carboxylic acids is 1. The van der Waals surface area contributed by atoms with Gasteiger partial charge in [-0.05, 0) is 19.8 Å². The molecule has 52 valence electrons. The molecule has 0 N–H and O–H groups in total. The van der Waals surface area contributed by atoms with Gasteiger partial charge in [-0.15, -0.1) is 0 Å².